The van der Waals surface area contributed by atoms with Gasteiger partial charge in [0.1, 0.15) is 6.54 Å². The number of carbonyl (C=O) groups excluding carboxylic acids is 3. The highest BCUT2D eigenvalue weighted by atomic mass is 16.2. The fraction of sp³-hybridized carbons (Fsp3) is 0.526. The number of para-hydroxylation sites is 1. The quantitative estimate of drug-likeness (QED) is 0.865. The zero-order valence-electron chi connectivity index (χ0n) is 15.0. The maximum absolute atomic E-state index is 12.9. The Morgan fingerprint density at radius 2 is 2.04 bits per heavy atom. The van der Waals surface area contributed by atoms with Gasteiger partial charge in [-0.05, 0) is 30.9 Å². The van der Waals surface area contributed by atoms with E-state index in [9.17, 15) is 14.4 Å². The maximum atomic E-state index is 12.9. The molecule has 0 aromatic heterocycles. The zero-order valence-corrected chi connectivity index (χ0v) is 15.0. The van der Waals surface area contributed by atoms with Gasteiger partial charge in [-0.15, -0.1) is 0 Å². The number of urea groups is 1. The molecule has 3 aliphatic rings. The fourth-order valence-corrected chi connectivity index (χ4v) is 4.33. The minimum absolute atomic E-state index is 0.0118. The minimum atomic E-state index is -0.436. The third-order valence-electron chi connectivity index (χ3n) is 5.85. The van der Waals surface area contributed by atoms with Gasteiger partial charge in [-0.2, -0.15) is 0 Å². The molecule has 0 radical (unpaired) electrons. The van der Waals surface area contributed by atoms with E-state index in [4.69, 9.17) is 0 Å². The molecule has 3 heterocycles. The second kappa shape index (κ2) is 6.30. The molecule has 3 aliphatic heterocycles. The molecule has 0 aliphatic carbocycles. The van der Waals surface area contributed by atoms with Crippen LogP contribution >= 0.6 is 0 Å². The number of benzene rings is 1. The SMILES string of the molecule is CN1Cc2ccccc2N(CC(=O)N2CCC3(CCCNC3=O)C2)C1=O. The molecule has 1 atom stereocenters. The molecule has 1 aromatic carbocycles. The topological polar surface area (TPSA) is 73.0 Å². The van der Waals surface area contributed by atoms with Crippen molar-refractivity contribution >= 4 is 23.5 Å². The molecule has 7 heteroatoms. The second-order valence-corrected chi connectivity index (χ2v) is 7.56. The summed E-state index contributed by atoms with van der Waals surface area (Å²) in [7, 11) is 1.74. The van der Waals surface area contributed by atoms with Crippen molar-refractivity contribution in [2.45, 2.75) is 25.8 Å². The van der Waals surface area contributed by atoms with Gasteiger partial charge in [0.2, 0.25) is 11.8 Å². The monoisotopic (exact) mass is 356 g/mol. The lowest BCUT2D eigenvalue weighted by molar-refractivity contribution is -0.134. The first-order chi connectivity index (χ1) is 12.5. The summed E-state index contributed by atoms with van der Waals surface area (Å²) in [6.07, 6.45) is 2.49. The van der Waals surface area contributed by atoms with Gasteiger partial charge in [-0.25, -0.2) is 4.79 Å². The zero-order chi connectivity index (χ0) is 18.3. The fourth-order valence-electron chi connectivity index (χ4n) is 4.33. The molecule has 2 fully saturated rings. The molecule has 2 saturated heterocycles. The average molecular weight is 356 g/mol. The van der Waals surface area contributed by atoms with Gasteiger partial charge in [-0.1, -0.05) is 18.2 Å². The van der Waals surface area contributed by atoms with Crippen LogP contribution < -0.4 is 10.2 Å². The molecule has 138 valence electrons. The molecule has 1 N–H and O–H groups in total. The van der Waals surface area contributed by atoms with Crippen LogP contribution in [0.15, 0.2) is 24.3 Å². The van der Waals surface area contributed by atoms with Gasteiger partial charge >= 0.3 is 6.03 Å². The number of hydrogen-bond donors (Lipinski definition) is 1. The Hall–Kier alpha value is -2.57. The average Bonchev–Trinajstić information content (AvgIpc) is 3.07. The summed E-state index contributed by atoms with van der Waals surface area (Å²) >= 11 is 0. The summed E-state index contributed by atoms with van der Waals surface area (Å²) < 4.78 is 0. The Bertz CT molecular complexity index is 765. The smallest absolute Gasteiger partial charge is 0.325 e. The number of rotatable bonds is 2. The molecule has 1 unspecified atom stereocenters. The maximum Gasteiger partial charge on any atom is 0.325 e. The van der Waals surface area contributed by atoms with E-state index >= 15 is 0 Å². The highest BCUT2D eigenvalue weighted by Crippen LogP contribution is 2.37. The molecule has 4 rings (SSSR count). The van der Waals surface area contributed by atoms with Gasteiger partial charge in [0.15, 0.2) is 0 Å². The summed E-state index contributed by atoms with van der Waals surface area (Å²) in [5, 5.41) is 2.93. The van der Waals surface area contributed by atoms with Gasteiger partial charge in [0.25, 0.3) is 0 Å². The Morgan fingerprint density at radius 1 is 1.23 bits per heavy atom. The van der Waals surface area contributed by atoms with Crippen molar-refractivity contribution in [1.82, 2.24) is 15.1 Å². The number of piperidine rings is 1. The number of amides is 4. The van der Waals surface area contributed by atoms with E-state index < -0.39 is 5.41 Å². The van der Waals surface area contributed by atoms with Crippen LogP contribution in [0.4, 0.5) is 10.5 Å². The van der Waals surface area contributed by atoms with Gasteiger partial charge in [-0.3, -0.25) is 14.5 Å². The molecule has 1 aromatic rings. The molecule has 4 amide bonds. The van der Waals surface area contributed by atoms with Crippen molar-refractivity contribution in [2.24, 2.45) is 5.41 Å². The summed E-state index contributed by atoms with van der Waals surface area (Å²) in [6, 6.07) is 7.52. The van der Waals surface area contributed by atoms with Crippen molar-refractivity contribution in [3.05, 3.63) is 29.8 Å². The third kappa shape index (κ3) is 2.71. The van der Waals surface area contributed by atoms with Crippen molar-refractivity contribution in [1.29, 1.82) is 0 Å². The van der Waals surface area contributed by atoms with E-state index in [-0.39, 0.29) is 24.4 Å². The van der Waals surface area contributed by atoms with Crippen molar-refractivity contribution in [3.63, 3.8) is 0 Å². The van der Waals surface area contributed by atoms with Crippen LogP contribution in [0.25, 0.3) is 0 Å². The lowest BCUT2D eigenvalue weighted by Crippen LogP contribution is -2.51. The van der Waals surface area contributed by atoms with E-state index in [1.807, 2.05) is 24.3 Å². The van der Waals surface area contributed by atoms with Crippen molar-refractivity contribution < 1.29 is 14.4 Å². The lowest BCUT2D eigenvalue weighted by Gasteiger charge is -2.36. The molecule has 26 heavy (non-hydrogen) atoms. The second-order valence-electron chi connectivity index (χ2n) is 7.56. The molecule has 0 saturated carbocycles. The number of likely N-dealkylation sites (tertiary alicyclic amines) is 1. The number of fused-ring (bicyclic) bond motifs is 1. The molecule has 1 spiro atoms. The van der Waals surface area contributed by atoms with E-state index in [0.29, 0.717) is 26.1 Å². The van der Waals surface area contributed by atoms with Crippen LogP contribution in [0, 0.1) is 5.41 Å². The molecule has 0 bridgehead atoms. The summed E-state index contributed by atoms with van der Waals surface area (Å²) in [4.78, 5) is 42.7. The predicted octanol–water partition coefficient (Wildman–Crippen LogP) is 1.19. The van der Waals surface area contributed by atoms with Crippen molar-refractivity contribution in [2.75, 3.05) is 38.1 Å². The third-order valence-corrected chi connectivity index (χ3v) is 5.85. The Balaban J connectivity index is 1.50. The number of nitrogens with one attached hydrogen (secondary N) is 1. The van der Waals surface area contributed by atoms with Crippen LogP contribution in [-0.4, -0.2) is 60.9 Å². The van der Waals surface area contributed by atoms with Crippen LogP contribution in [0.1, 0.15) is 24.8 Å². The lowest BCUT2D eigenvalue weighted by atomic mass is 9.79. The van der Waals surface area contributed by atoms with Crippen LogP contribution in [0.2, 0.25) is 0 Å². The minimum Gasteiger partial charge on any atom is -0.356 e. The van der Waals surface area contributed by atoms with Crippen LogP contribution in [0.5, 0.6) is 0 Å². The Morgan fingerprint density at radius 3 is 2.85 bits per heavy atom. The summed E-state index contributed by atoms with van der Waals surface area (Å²) in [5.41, 5.74) is 1.40. The van der Waals surface area contributed by atoms with E-state index in [0.717, 1.165) is 30.6 Å². The van der Waals surface area contributed by atoms with Gasteiger partial charge < -0.3 is 15.1 Å². The van der Waals surface area contributed by atoms with E-state index in [1.54, 1.807) is 21.7 Å². The van der Waals surface area contributed by atoms with Gasteiger partial charge in [0, 0.05) is 33.2 Å². The first-order valence-corrected chi connectivity index (χ1v) is 9.17. The molecule has 7 nitrogen and oxygen atoms in total. The van der Waals surface area contributed by atoms with E-state index in [1.165, 1.54) is 0 Å². The number of hydrogen-bond acceptors (Lipinski definition) is 3. The van der Waals surface area contributed by atoms with Gasteiger partial charge in [0.05, 0.1) is 11.1 Å². The Kier molecular flexibility index (Phi) is 4.09. The van der Waals surface area contributed by atoms with Crippen molar-refractivity contribution in [3.8, 4) is 0 Å². The summed E-state index contributed by atoms with van der Waals surface area (Å²) in [5.74, 6) is -0.0307. The first-order valence-electron chi connectivity index (χ1n) is 9.17. The molecular formula is C19H24N4O3. The number of carbonyl (C=O) groups is 3. The highest BCUT2D eigenvalue weighted by molar-refractivity contribution is 6.00. The predicted molar refractivity (Wildman–Crippen MR) is 96.5 cm³/mol. The highest BCUT2D eigenvalue weighted by Gasteiger charge is 2.47. The number of anilines is 1. The van der Waals surface area contributed by atoms with Crippen LogP contribution in [-0.2, 0) is 16.1 Å². The largest absolute Gasteiger partial charge is 0.356 e. The molecular weight excluding hydrogens is 332 g/mol. The van der Waals surface area contributed by atoms with Crippen LogP contribution in [0.3, 0.4) is 0 Å². The number of nitrogens with zero attached hydrogens (tertiary/aromatic N) is 3. The first kappa shape index (κ1) is 16.9. The summed E-state index contributed by atoms with van der Waals surface area (Å²) in [6.45, 7) is 2.31. The van der Waals surface area contributed by atoms with E-state index in [2.05, 4.69) is 5.32 Å². The Labute approximate surface area is 152 Å². The normalized spacial score (nSPS) is 25.5. The standard InChI is InChI=1S/C19H24N4O3/c1-21-11-14-5-2-3-6-15(14)23(18(21)26)12-16(24)22-10-8-19(13-22)7-4-9-20-17(19)25/h2-3,5-6H,4,7-13H2,1H3,(H,20,25).